The minimum atomic E-state index is -2.65. The Morgan fingerprint density at radius 3 is 2.11 bits per heavy atom. The zero-order chi connectivity index (χ0) is 14.0. The minimum Gasteiger partial charge on any atom is -0.488 e. The minimum absolute atomic E-state index is 0.0662. The average Bonchev–Trinajstić information content (AvgIpc) is 2.42. The van der Waals surface area contributed by atoms with Crippen LogP contribution >= 0.6 is 9.24 Å². The van der Waals surface area contributed by atoms with Gasteiger partial charge in [-0.25, -0.2) is 13.2 Å². The van der Waals surface area contributed by atoms with Gasteiger partial charge in [0.15, 0.2) is 31.1 Å². The summed E-state index contributed by atoms with van der Waals surface area (Å²) in [6, 6.07) is 0. The van der Waals surface area contributed by atoms with Crippen LogP contribution in [-0.2, 0) is 9.47 Å². The Morgan fingerprint density at radius 1 is 1.22 bits per heavy atom. The molecule has 0 spiro atoms. The quantitative estimate of drug-likeness (QED) is 0.419. The molecule has 0 aromatic heterocycles. The van der Waals surface area contributed by atoms with Gasteiger partial charge in [-0.3, -0.25) is 0 Å². The van der Waals surface area contributed by atoms with E-state index in [-0.39, 0.29) is 13.2 Å². The first-order chi connectivity index (χ1) is 8.30. The van der Waals surface area contributed by atoms with Crippen LogP contribution < -0.4 is 0 Å². The molecule has 4 unspecified atom stereocenters. The predicted octanol–water partition coefficient (Wildman–Crippen LogP) is 1.79. The number of hydrogen-bond donors (Lipinski definition) is 0. The van der Waals surface area contributed by atoms with Gasteiger partial charge in [0.2, 0.25) is 5.41 Å². The number of alkyl halides is 3. The van der Waals surface area contributed by atoms with Crippen molar-refractivity contribution in [1.82, 2.24) is 0 Å². The Hall–Kier alpha value is -0.895. The topological polar surface area (TPSA) is 18.5 Å². The molecular weight excluding hydrogens is 263 g/mol. The highest BCUT2D eigenvalue weighted by molar-refractivity contribution is 7.19. The Kier molecular flexibility index (Phi) is 4.54. The second-order valence-electron chi connectivity index (χ2n) is 4.06. The summed E-state index contributed by atoms with van der Waals surface area (Å²) >= 11 is 0. The highest BCUT2D eigenvalue weighted by Gasteiger charge is 2.63. The molecule has 1 rings (SSSR count). The smallest absolute Gasteiger partial charge is 0.216 e. The molecule has 7 heteroatoms. The van der Waals surface area contributed by atoms with Gasteiger partial charge in [-0.2, -0.15) is 0 Å². The van der Waals surface area contributed by atoms with Crippen LogP contribution in [0.5, 0.6) is 0 Å². The second-order valence-corrected chi connectivity index (χ2v) is 4.90. The Balaban J connectivity index is 3.16. The molecule has 2 nitrogen and oxygen atoms in total. The van der Waals surface area contributed by atoms with Crippen LogP contribution in [0.3, 0.4) is 0 Å². The molecule has 0 bridgehead atoms. The first-order valence-corrected chi connectivity index (χ1v) is 5.91. The van der Waals surface area contributed by atoms with Gasteiger partial charge in [-0.05, 0) is 0 Å². The van der Waals surface area contributed by atoms with E-state index in [9.17, 15) is 13.2 Å². The summed E-state index contributed by atoms with van der Waals surface area (Å²) in [6.45, 7) is 6.65. The van der Waals surface area contributed by atoms with E-state index in [1.54, 1.807) is 9.24 Å². The van der Waals surface area contributed by atoms with Crippen molar-refractivity contribution in [2.75, 3.05) is 13.2 Å². The van der Waals surface area contributed by atoms with Crippen molar-refractivity contribution in [3.63, 3.8) is 0 Å². The summed E-state index contributed by atoms with van der Waals surface area (Å²) in [5, 5.41) is -2.65. The third-order valence-electron chi connectivity index (χ3n) is 2.53. The molecule has 0 saturated heterocycles. The number of allylic oxidation sites excluding steroid dienone is 2. The van der Waals surface area contributed by atoms with E-state index in [4.69, 9.17) is 9.47 Å². The van der Waals surface area contributed by atoms with Crippen LogP contribution in [0.15, 0.2) is 36.8 Å². The Labute approximate surface area is 108 Å². The monoisotopic (exact) mass is 278 g/mol. The van der Waals surface area contributed by atoms with Gasteiger partial charge in [-0.15, -0.1) is 0 Å². The fourth-order valence-corrected chi connectivity index (χ4v) is 2.22. The lowest BCUT2D eigenvalue weighted by molar-refractivity contribution is 0.0590. The molecule has 1 aliphatic carbocycles. The van der Waals surface area contributed by atoms with E-state index in [0.29, 0.717) is 0 Å². The molecular formula is C11H15BF3O2P. The van der Waals surface area contributed by atoms with Crippen molar-refractivity contribution in [3.8, 4) is 0 Å². The molecule has 0 aliphatic heterocycles. The van der Waals surface area contributed by atoms with Gasteiger partial charge in [0.25, 0.3) is 0 Å². The predicted molar refractivity (Wildman–Crippen MR) is 70.2 cm³/mol. The maximum absolute atomic E-state index is 14.2. The van der Waals surface area contributed by atoms with Crippen LogP contribution in [0.1, 0.15) is 0 Å². The largest absolute Gasteiger partial charge is 0.488 e. The molecule has 0 aromatic carbocycles. The van der Waals surface area contributed by atoms with Crippen molar-refractivity contribution in [3.05, 3.63) is 36.8 Å². The van der Waals surface area contributed by atoms with E-state index in [1.807, 2.05) is 0 Å². The van der Waals surface area contributed by atoms with Crippen LogP contribution in [-0.4, -0.2) is 38.2 Å². The summed E-state index contributed by atoms with van der Waals surface area (Å²) < 4.78 is 52.2. The molecule has 0 radical (unpaired) electrons. The number of ether oxygens (including phenoxy) is 2. The summed E-state index contributed by atoms with van der Waals surface area (Å²) in [5.74, 6) is -0.971. The summed E-state index contributed by atoms with van der Waals surface area (Å²) in [4.78, 5) is 0. The summed E-state index contributed by atoms with van der Waals surface area (Å²) in [5.41, 5.74) is -2.59. The highest BCUT2D eigenvalue weighted by atomic mass is 31.0. The van der Waals surface area contributed by atoms with E-state index < -0.39 is 28.7 Å². The first kappa shape index (κ1) is 15.2. The molecule has 4 atom stereocenters. The van der Waals surface area contributed by atoms with E-state index in [2.05, 4.69) is 13.2 Å². The van der Waals surface area contributed by atoms with Crippen LogP contribution in [0.25, 0.3) is 0 Å². The van der Waals surface area contributed by atoms with Crippen molar-refractivity contribution in [2.24, 2.45) is 0 Å². The van der Waals surface area contributed by atoms with Crippen LogP contribution in [0, 0.1) is 0 Å². The third-order valence-corrected chi connectivity index (χ3v) is 3.09. The lowest BCUT2D eigenvalue weighted by Crippen LogP contribution is -2.41. The Morgan fingerprint density at radius 2 is 1.67 bits per heavy atom. The van der Waals surface area contributed by atoms with Gasteiger partial charge < -0.3 is 9.47 Å². The third kappa shape index (κ3) is 2.44. The summed E-state index contributed by atoms with van der Waals surface area (Å²) in [6.07, 6.45) is 0.275. The zero-order valence-corrected chi connectivity index (χ0v) is 11.2. The number of hydrogen-bond acceptors (Lipinski definition) is 2. The van der Waals surface area contributed by atoms with E-state index in [1.165, 1.54) is 12.2 Å². The fraction of sp³-hybridized carbons (Fsp3) is 0.455. The summed E-state index contributed by atoms with van der Waals surface area (Å²) in [7, 11) is 2.55. The SMILES string of the molecule is BC1(F)C(OCC=C)=C(OCC=C)C(F)(P)C1F. The average molecular weight is 278 g/mol. The zero-order valence-electron chi connectivity index (χ0n) is 10.1. The van der Waals surface area contributed by atoms with Crippen molar-refractivity contribution in [2.45, 2.75) is 17.1 Å². The van der Waals surface area contributed by atoms with Crippen LogP contribution in [0.4, 0.5) is 13.2 Å². The van der Waals surface area contributed by atoms with Crippen LogP contribution in [0.2, 0.25) is 0 Å². The molecule has 0 fully saturated rings. The number of rotatable bonds is 6. The molecule has 18 heavy (non-hydrogen) atoms. The molecule has 0 saturated carbocycles. The maximum Gasteiger partial charge on any atom is 0.216 e. The normalized spacial score (nSPS) is 35.4. The fourth-order valence-electron chi connectivity index (χ4n) is 1.69. The Bertz CT molecular complexity index is 348. The van der Waals surface area contributed by atoms with Gasteiger partial charge in [-0.1, -0.05) is 34.5 Å². The van der Waals surface area contributed by atoms with Gasteiger partial charge in [0.05, 0.1) is 0 Å². The van der Waals surface area contributed by atoms with Crippen molar-refractivity contribution in [1.29, 1.82) is 0 Å². The van der Waals surface area contributed by atoms with Crippen molar-refractivity contribution >= 4 is 17.1 Å². The van der Waals surface area contributed by atoms with Gasteiger partial charge in [0, 0.05) is 0 Å². The first-order valence-electron chi connectivity index (χ1n) is 5.33. The molecule has 0 heterocycles. The molecule has 0 aromatic rings. The highest BCUT2D eigenvalue weighted by Crippen LogP contribution is 2.52. The van der Waals surface area contributed by atoms with Gasteiger partial charge >= 0.3 is 0 Å². The van der Waals surface area contributed by atoms with Crippen molar-refractivity contribution < 1.29 is 22.6 Å². The maximum atomic E-state index is 14.2. The second kappa shape index (κ2) is 5.39. The molecule has 0 amide bonds. The molecule has 0 N–H and O–H groups in total. The van der Waals surface area contributed by atoms with E-state index >= 15 is 0 Å². The number of halogens is 3. The van der Waals surface area contributed by atoms with Gasteiger partial charge in [0.1, 0.15) is 13.2 Å². The molecule has 100 valence electrons. The standard InChI is InChI=1S/C11H15BF3O2P/c1-3-5-16-7-8(17-6-4-2)11(15,18)9(13)10(7,12)14/h3-4,9H,1-2,5-6,12,18H2. The van der Waals surface area contributed by atoms with E-state index in [0.717, 1.165) is 7.85 Å². The lowest BCUT2D eigenvalue weighted by Gasteiger charge is -2.23. The lowest BCUT2D eigenvalue weighted by atomic mass is 9.80. The molecule has 1 aliphatic rings.